The molecule has 0 N–H and O–H groups in total. The van der Waals surface area contributed by atoms with E-state index in [-0.39, 0.29) is 12.4 Å². The van der Waals surface area contributed by atoms with Crippen molar-refractivity contribution in [3.05, 3.63) is 30.3 Å². The first-order valence-electron chi connectivity index (χ1n) is 2.52. The van der Waals surface area contributed by atoms with Gasteiger partial charge in [0.1, 0.15) is 0 Å². The van der Waals surface area contributed by atoms with E-state index in [1.54, 1.807) is 11.8 Å². The molecule has 1 aromatic rings. The van der Waals surface area contributed by atoms with Crippen LogP contribution in [0, 0.1) is 0 Å². The Labute approximate surface area is 66.1 Å². The predicted molar refractivity (Wildman–Crippen MR) is 45.5 cm³/mol. The third-order valence-corrected chi connectivity index (χ3v) is 1.72. The second-order valence-electron chi connectivity index (χ2n) is 1.52. The molecule has 1 aromatic carbocycles. The summed E-state index contributed by atoms with van der Waals surface area (Å²) >= 11 is 1.77. The lowest BCUT2D eigenvalue weighted by molar-refractivity contribution is 1.47. The van der Waals surface area contributed by atoms with Gasteiger partial charge in [0.2, 0.25) is 0 Å². The standard InChI is InChI=1S/C7H8S.ClH/c1-8-7-5-3-2-4-6-7;/h2-6H,1H3;1H. The summed E-state index contributed by atoms with van der Waals surface area (Å²) in [6.45, 7) is 0. The van der Waals surface area contributed by atoms with E-state index in [1.165, 1.54) is 4.90 Å². The fourth-order valence-corrected chi connectivity index (χ4v) is 0.986. The van der Waals surface area contributed by atoms with Crippen molar-refractivity contribution >= 4 is 24.2 Å². The molecule has 0 aliphatic carbocycles. The van der Waals surface area contributed by atoms with Crippen LogP contribution in [0.15, 0.2) is 35.2 Å². The molecular weight excluding hydrogens is 152 g/mol. The molecule has 0 bridgehead atoms. The molecule has 0 radical (unpaired) electrons. The van der Waals surface area contributed by atoms with E-state index in [0.29, 0.717) is 0 Å². The number of halogens is 1. The van der Waals surface area contributed by atoms with E-state index >= 15 is 0 Å². The van der Waals surface area contributed by atoms with Gasteiger partial charge in [-0.1, -0.05) is 18.2 Å². The molecule has 0 saturated carbocycles. The van der Waals surface area contributed by atoms with E-state index in [0.717, 1.165) is 0 Å². The molecule has 0 spiro atoms. The monoisotopic (exact) mass is 160 g/mol. The van der Waals surface area contributed by atoms with E-state index in [4.69, 9.17) is 0 Å². The largest absolute Gasteiger partial charge is 0.147 e. The molecule has 0 atom stereocenters. The molecule has 9 heavy (non-hydrogen) atoms. The highest BCUT2D eigenvalue weighted by Crippen LogP contribution is 2.11. The fourth-order valence-electron chi connectivity index (χ4n) is 0.557. The molecule has 1 rings (SSSR count). The SMILES string of the molecule is CSc1ccccc1.Cl. The van der Waals surface area contributed by atoms with Crippen LogP contribution >= 0.6 is 24.2 Å². The van der Waals surface area contributed by atoms with Gasteiger partial charge in [-0.25, -0.2) is 0 Å². The third-order valence-electron chi connectivity index (χ3n) is 0.979. The Balaban J connectivity index is 0.000000640. The van der Waals surface area contributed by atoms with Crippen molar-refractivity contribution in [1.82, 2.24) is 0 Å². The predicted octanol–water partition coefficient (Wildman–Crippen LogP) is 2.83. The van der Waals surface area contributed by atoms with Crippen molar-refractivity contribution in [2.75, 3.05) is 6.26 Å². The lowest BCUT2D eigenvalue weighted by Crippen LogP contribution is -1.62. The van der Waals surface area contributed by atoms with Crippen LogP contribution in [0.5, 0.6) is 0 Å². The maximum atomic E-state index is 2.10. The van der Waals surface area contributed by atoms with Crippen molar-refractivity contribution in [1.29, 1.82) is 0 Å². The molecule has 0 aliphatic heterocycles. The Kier molecular flexibility index (Phi) is 4.64. The number of hydrogen-bond acceptors (Lipinski definition) is 1. The maximum absolute atomic E-state index is 2.10. The van der Waals surface area contributed by atoms with Gasteiger partial charge in [0.25, 0.3) is 0 Å². The van der Waals surface area contributed by atoms with E-state index in [1.807, 2.05) is 18.2 Å². The highest BCUT2D eigenvalue weighted by Gasteiger charge is 1.80. The Hall–Kier alpha value is -0.140. The summed E-state index contributed by atoms with van der Waals surface area (Å²) in [4.78, 5) is 1.33. The van der Waals surface area contributed by atoms with Gasteiger partial charge in [-0.05, 0) is 18.4 Å². The number of hydrogen-bond donors (Lipinski definition) is 0. The van der Waals surface area contributed by atoms with Crippen molar-refractivity contribution in [2.45, 2.75) is 4.90 Å². The average Bonchev–Trinajstić information content (AvgIpc) is 1.90. The topological polar surface area (TPSA) is 0 Å². The first-order valence-corrected chi connectivity index (χ1v) is 3.75. The highest BCUT2D eigenvalue weighted by atomic mass is 35.5. The lowest BCUT2D eigenvalue weighted by atomic mass is 10.4. The summed E-state index contributed by atoms with van der Waals surface area (Å²) in [6.07, 6.45) is 2.08. The number of thioether (sulfide) groups is 1. The highest BCUT2D eigenvalue weighted by molar-refractivity contribution is 7.98. The van der Waals surface area contributed by atoms with Crippen LogP contribution in [0.4, 0.5) is 0 Å². The van der Waals surface area contributed by atoms with Gasteiger partial charge in [0.05, 0.1) is 0 Å². The summed E-state index contributed by atoms with van der Waals surface area (Å²) in [7, 11) is 0. The summed E-state index contributed by atoms with van der Waals surface area (Å²) in [6, 6.07) is 10.3. The first-order chi connectivity index (χ1) is 3.93. The fraction of sp³-hybridized carbons (Fsp3) is 0.143. The molecule has 0 heterocycles. The normalized spacial score (nSPS) is 8.11. The van der Waals surface area contributed by atoms with Gasteiger partial charge in [-0.15, -0.1) is 24.2 Å². The minimum absolute atomic E-state index is 0. The minimum Gasteiger partial charge on any atom is -0.147 e. The quantitative estimate of drug-likeness (QED) is 0.570. The van der Waals surface area contributed by atoms with Crippen molar-refractivity contribution in [3.63, 3.8) is 0 Å². The molecule has 0 fully saturated rings. The summed E-state index contributed by atoms with van der Waals surface area (Å²) in [5.74, 6) is 0. The summed E-state index contributed by atoms with van der Waals surface area (Å²) in [5.41, 5.74) is 0. The Morgan fingerprint density at radius 3 is 2.00 bits per heavy atom. The molecule has 2 heteroatoms. The van der Waals surface area contributed by atoms with Crippen LogP contribution in [-0.4, -0.2) is 6.26 Å². The van der Waals surface area contributed by atoms with Crippen LogP contribution in [0.2, 0.25) is 0 Å². The first kappa shape index (κ1) is 8.86. The van der Waals surface area contributed by atoms with Crippen molar-refractivity contribution < 1.29 is 0 Å². The molecule has 0 unspecified atom stereocenters. The minimum atomic E-state index is 0. The van der Waals surface area contributed by atoms with Gasteiger partial charge in [0.15, 0.2) is 0 Å². The molecule has 0 saturated heterocycles. The van der Waals surface area contributed by atoms with Gasteiger partial charge in [-0.2, -0.15) is 0 Å². The van der Waals surface area contributed by atoms with Crippen molar-refractivity contribution in [3.8, 4) is 0 Å². The van der Waals surface area contributed by atoms with Crippen LogP contribution in [0.3, 0.4) is 0 Å². The van der Waals surface area contributed by atoms with Gasteiger partial charge >= 0.3 is 0 Å². The van der Waals surface area contributed by atoms with Crippen molar-refractivity contribution in [2.24, 2.45) is 0 Å². The Bertz CT molecular complexity index is 150. The zero-order valence-electron chi connectivity index (χ0n) is 5.20. The summed E-state index contributed by atoms with van der Waals surface area (Å²) in [5, 5.41) is 0. The molecular formula is C7H9ClS. The third kappa shape index (κ3) is 2.78. The molecule has 0 amide bonds. The molecule has 0 aliphatic rings. The lowest BCUT2D eigenvalue weighted by Gasteiger charge is -1.89. The Morgan fingerprint density at radius 1 is 1.11 bits per heavy atom. The van der Waals surface area contributed by atoms with Crippen LogP contribution < -0.4 is 0 Å². The second kappa shape index (κ2) is 4.71. The smallest absolute Gasteiger partial charge is 0.00691 e. The Morgan fingerprint density at radius 2 is 1.67 bits per heavy atom. The van der Waals surface area contributed by atoms with Gasteiger partial charge in [-0.3, -0.25) is 0 Å². The van der Waals surface area contributed by atoms with Gasteiger partial charge < -0.3 is 0 Å². The van der Waals surface area contributed by atoms with Gasteiger partial charge in [0, 0.05) is 4.90 Å². The number of benzene rings is 1. The molecule has 0 nitrogen and oxygen atoms in total. The van der Waals surface area contributed by atoms with E-state index in [9.17, 15) is 0 Å². The zero-order valence-corrected chi connectivity index (χ0v) is 6.84. The second-order valence-corrected chi connectivity index (χ2v) is 2.40. The van der Waals surface area contributed by atoms with Crippen LogP contribution in [-0.2, 0) is 0 Å². The van der Waals surface area contributed by atoms with Crippen LogP contribution in [0.25, 0.3) is 0 Å². The zero-order chi connectivity index (χ0) is 5.82. The maximum Gasteiger partial charge on any atom is 0.00691 e. The molecule has 50 valence electrons. The summed E-state index contributed by atoms with van der Waals surface area (Å²) < 4.78 is 0. The number of rotatable bonds is 1. The van der Waals surface area contributed by atoms with E-state index < -0.39 is 0 Å². The van der Waals surface area contributed by atoms with E-state index in [2.05, 4.69) is 18.4 Å². The molecule has 0 aromatic heterocycles. The average molecular weight is 161 g/mol. The van der Waals surface area contributed by atoms with Crippen LogP contribution in [0.1, 0.15) is 0 Å².